The second-order valence-corrected chi connectivity index (χ2v) is 9.10. The number of fused-ring (bicyclic) bond motifs is 1. The molecule has 2 amide bonds. The van der Waals surface area contributed by atoms with E-state index in [9.17, 15) is 9.59 Å². The number of nitrogens with two attached hydrogens (primary N) is 1. The molecule has 3 N–H and O–H groups in total. The van der Waals surface area contributed by atoms with Gasteiger partial charge in [-0.2, -0.15) is 0 Å². The van der Waals surface area contributed by atoms with Crippen molar-refractivity contribution in [1.82, 2.24) is 25.4 Å². The number of pyridine rings is 1. The summed E-state index contributed by atoms with van der Waals surface area (Å²) < 4.78 is 11.3. The number of morpholine rings is 1. The summed E-state index contributed by atoms with van der Waals surface area (Å²) in [6.07, 6.45) is 5.02. The topological polar surface area (TPSA) is 133 Å². The lowest BCUT2D eigenvalue weighted by molar-refractivity contribution is -0.116. The van der Waals surface area contributed by atoms with Gasteiger partial charge >= 0.3 is 0 Å². The number of nitrogens with one attached hydrogen (secondary N) is 1. The van der Waals surface area contributed by atoms with Gasteiger partial charge in [0.05, 0.1) is 30.5 Å². The van der Waals surface area contributed by atoms with Crippen molar-refractivity contribution in [2.24, 2.45) is 0 Å². The van der Waals surface area contributed by atoms with Gasteiger partial charge in [-0.15, -0.1) is 10.2 Å². The van der Waals surface area contributed by atoms with E-state index in [0.717, 1.165) is 16.7 Å². The third kappa shape index (κ3) is 5.87. The number of hydrogen-bond acceptors (Lipinski definition) is 8. The van der Waals surface area contributed by atoms with Crippen LogP contribution in [0.2, 0.25) is 5.02 Å². The third-order valence-corrected chi connectivity index (χ3v) is 6.35. The van der Waals surface area contributed by atoms with Crippen molar-refractivity contribution in [2.45, 2.75) is 12.5 Å². The van der Waals surface area contributed by atoms with Gasteiger partial charge in [-0.05, 0) is 48.0 Å². The first-order valence-corrected chi connectivity index (χ1v) is 12.2. The second-order valence-electron chi connectivity index (χ2n) is 8.69. The van der Waals surface area contributed by atoms with Crippen LogP contribution in [0.3, 0.4) is 0 Å². The van der Waals surface area contributed by atoms with E-state index in [4.69, 9.17) is 26.8 Å². The number of nitrogen functional groups attached to an aromatic ring is 1. The second kappa shape index (κ2) is 10.9. The summed E-state index contributed by atoms with van der Waals surface area (Å²) in [6, 6.07) is 10.6. The number of rotatable bonds is 6. The van der Waals surface area contributed by atoms with E-state index in [1.807, 2.05) is 6.07 Å². The van der Waals surface area contributed by atoms with E-state index in [1.54, 1.807) is 47.5 Å². The summed E-state index contributed by atoms with van der Waals surface area (Å²) in [5, 5.41) is 11.7. The first-order chi connectivity index (χ1) is 18.0. The molecule has 1 aromatic carbocycles. The molecule has 37 heavy (non-hydrogen) atoms. The number of aromatic nitrogens is 3. The molecular formula is C26H25ClN6O4. The monoisotopic (exact) mass is 520 g/mol. The van der Waals surface area contributed by atoms with Crippen molar-refractivity contribution in [3.8, 4) is 17.0 Å². The molecule has 1 fully saturated rings. The van der Waals surface area contributed by atoms with Crippen molar-refractivity contribution in [3.63, 3.8) is 0 Å². The van der Waals surface area contributed by atoms with Gasteiger partial charge in [0, 0.05) is 42.9 Å². The standard InChI is InChI=1S/C26H25ClN6O4/c27-20-13-17(21-3-4-22(32-31-21)26(35)33-7-9-36-10-8-33)11-18-12-19(37-25(18)20)15-30-24(34)6-2-16-1-5-23(28)29-14-16/h1-6,11,13-14,19H,7-10,12,15H2,(H2,28,29)(H,30,34). The van der Waals surface area contributed by atoms with Crippen molar-refractivity contribution < 1.29 is 19.1 Å². The number of nitrogens with zero attached hydrogens (tertiary/aromatic N) is 4. The Balaban J connectivity index is 1.19. The fourth-order valence-corrected chi connectivity index (χ4v) is 4.42. The van der Waals surface area contributed by atoms with Crippen LogP contribution in [0.25, 0.3) is 17.3 Å². The summed E-state index contributed by atoms with van der Waals surface area (Å²) in [6.45, 7) is 2.45. The Kier molecular flexibility index (Phi) is 7.29. The van der Waals surface area contributed by atoms with Gasteiger partial charge in [-0.3, -0.25) is 9.59 Å². The van der Waals surface area contributed by atoms with Crippen LogP contribution >= 0.6 is 11.6 Å². The maximum Gasteiger partial charge on any atom is 0.274 e. The minimum atomic E-state index is -0.252. The number of hydrogen-bond donors (Lipinski definition) is 2. The van der Waals surface area contributed by atoms with E-state index in [1.165, 1.54) is 6.08 Å². The summed E-state index contributed by atoms with van der Waals surface area (Å²) >= 11 is 6.51. The summed E-state index contributed by atoms with van der Waals surface area (Å²) in [7, 11) is 0. The summed E-state index contributed by atoms with van der Waals surface area (Å²) in [5.41, 5.74) is 8.92. The van der Waals surface area contributed by atoms with Gasteiger partial charge < -0.3 is 25.4 Å². The van der Waals surface area contributed by atoms with Crippen LogP contribution in [0, 0.1) is 0 Å². The van der Waals surface area contributed by atoms with Crippen molar-refractivity contribution in [2.75, 3.05) is 38.6 Å². The largest absolute Gasteiger partial charge is 0.486 e. The van der Waals surface area contributed by atoms with Gasteiger partial charge in [-0.1, -0.05) is 11.6 Å². The van der Waals surface area contributed by atoms with E-state index >= 15 is 0 Å². The van der Waals surface area contributed by atoms with E-state index in [2.05, 4.69) is 20.5 Å². The molecule has 0 spiro atoms. The normalized spacial score (nSPS) is 16.9. The summed E-state index contributed by atoms with van der Waals surface area (Å²) in [5.74, 6) is 0.613. The zero-order chi connectivity index (χ0) is 25.8. The Labute approximate surface area is 218 Å². The molecule has 2 aromatic heterocycles. The number of benzene rings is 1. The average molecular weight is 521 g/mol. The smallest absolute Gasteiger partial charge is 0.274 e. The van der Waals surface area contributed by atoms with Crippen molar-refractivity contribution in [1.29, 1.82) is 0 Å². The molecule has 2 aliphatic rings. The predicted molar refractivity (Wildman–Crippen MR) is 138 cm³/mol. The first kappa shape index (κ1) is 24.7. The van der Waals surface area contributed by atoms with Gasteiger partial charge in [0.1, 0.15) is 17.7 Å². The van der Waals surface area contributed by atoms with Crippen molar-refractivity contribution >= 4 is 35.3 Å². The Bertz CT molecular complexity index is 1320. The number of carbonyl (C=O) groups is 2. The number of carbonyl (C=O) groups excluding carboxylic acids is 2. The maximum atomic E-state index is 12.6. The quantitative estimate of drug-likeness (QED) is 0.473. The highest BCUT2D eigenvalue weighted by Crippen LogP contribution is 2.39. The highest BCUT2D eigenvalue weighted by Gasteiger charge is 2.27. The fourth-order valence-electron chi connectivity index (χ4n) is 4.14. The molecule has 0 aliphatic carbocycles. The lowest BCUT2D eigenvalue weighted by atomic mass is 10.0. The fraction of sp³-hybridized carbons (Fsp3) is 0.269. The van der Waals surface area contributed by atoms with Crippen LogP contribution in [-0.2, 0) is 16.0 Å². The summed E-state index contributed by atoms with van der Waals surface area (Å²) in [4.78, 5) is 30.5. The lowest BCUT2D eigenvalue weighted by Gasteiger charge is -2.26. The molecule has 4 heterocycles. The number of amides is 2. The zero-order valence-electron chi connectivity index (χ0n) is 19.9. The number of halogens is 1. The molecule has 3 aromatic rings. The molecule has 10 nitrogen and oxygen atoms in total. The molecule has 5 rings (SSSR count). The molecule has 0 bridgehead atoms. The van der Waals surface area contributed by atoms with E-state index in [-0.39, 0.29) is 17.9 Å². The molecule has 0 radical (unpaired) electrons. The van der Waals surface area contributed by atoms with Crippen LogP contribution < -0.4 is 15.8 Å². The average Bonchev–Trinajstić information content (AvgIpc) is 3.35. The molecule has 11 heteroatoms. The molecule has 1 atom stereocenters. The molecule has 190 valence electrons. The Morgan fingerprint density at radius 3 is 2.73 bits per heavy atom. The molecule has 1 unspecified atom stereocenters. The Morgan fingerprint density at radius 1 is 1.16 bits per heavy atom. The van der Waals surface area contributed by atoms with Crippen LogP contribution in [0.4, 0.5) is 5.82 Å². The number of ether oxygens (including phenoxy) is 2. The van der Waals surface area contributed by atoms with Crippen LogP contribution in [0.1, 0.15) is 21.6 Å². The van der Waals surface area contributed by atoms with Crippen LogP contribution in [-0.4, -0.2) is 70.8 Å². The molecular weight excluding hydrogens is 496 g/mol. The predicted octanol–water partition coefficient (Wildman–Crippen LogP) is 2.38. The van der Waals surface area contributed by atoms with Gasteiger partial charge in [0.25, 0.3) is 5.91 Å². The molecule has 1 saturated heterocycles. The van der Waals surface area contributed by atoms with E-state index in [0.29, 0.717) is 67.2 Å². The molecule has 0 saturated carbocycles. The van der Waals surface area contributed by atoms with Gasteiger partial charge in [-0.25, -0.2) is 4.98 Å². The van der Waals surface area contributed by atoms with Gasteiger partial charge in [0.2, 0.25) is 5.91 Å². The van der Waals surface area contributed by atoms with E-state index < -0.39 is 0 Å². The minimum Gasteiger partial charge on any atom is -0.486 e. The highest BCUT2D eigenvalue weighted by atomic mass is 35.5. The maximum absolute atomic E-state index is 12.6. The number of anilines is 1. The lowest BCUT2D eigenvalue weighted by Crippen LogP contribution is -2.41. The van der Waals surface area contributed by atoms with Crippen LogP contribution in [0.5, 0.6) is 5.75 Å². The molecule has 2 aliphatic heterocycles. The zero-order valence-corrected chi connectivity index (χ0v) is 20.6. The Hall–Kier alpha value is -4.02. The Morgan fingerprint density at radius 2 is 2.00 bits per heavy atom. The SMILES string of the molecule is Nc1ccc(C=CC(=O)NCC2Cc3cc(-c4ccc(C(=O)N5CCOCC5)nn4)cc(Cl)c3O2)cn1. The first-order valence-electron chi connectivity index (χ1n) is 11.8. The minimum absolute atomic E-state index is 0.160. The van der Waals surface area contributed by atoms with Crippen LogP contribution in [0.15, 0.2) is 48.7 Å². The van der Waals surface area contributed by atoms with Gasteiger partial charge in [0.15, 0.2) is 5.69 Å². The third-order valence-electron chi connectivity index (χ3n) is 6.07. The highest BCUT2D eigenvalue weighted by molar-refractivity contribution is 6.32. The van der Waals surface area contributed by atoms with Crippen molar-refractivity contribution in [3.05, 3.63) is 70.5 Å².